The van der Waals surface area contributed by atoms with Crippen LogP contribution in [0, 0.1) is 0 Å². The number of likely N-dealkylation sites (tertiary alicyclic amines) is 1. The number of hydrogen-bond donors (Lipinski definition) is 2. The molecule has 0 spiro atoms. The fourth-order valence-electron chi connectivity index (χ4n) is 1.33. The summed E-state index contributed by atoms with van der Waals surface area (Å²) in [4.78, 5) is 22.7. The van der Waals surface area contributed by atoms with Gasteiger partial charge < -0.3 is 16.4 Å². The number of amides is 3. The Balaban J connectivity index is 2.65. The summed E-state index contributed by atoms with van der Waals surface area (Å²) in [5, 5.41) is 0. The normalized spacial score (nSPS) is 23.6. The van der Waals surface area contributed by atoms with Gasteiger partial charge >= 0.3 is 6.03 Å². The van der Waals surface area contributed by atoms with Crippen LogP contribution >= 0.6 is 0 Å². The Kier molecular flexibility index (Phi) is 1.98. The van der Waals surface area contributed by atoms with Crippen LogP contribution in [-0.2, 0) is 4.79 Å². The summed E-state index contributed by atoms with van der Waals surface area (Å²) in [6.07, 6.45) is 1.44. The number of hydrogen-bond acceptors (Lipinski definition) is 2. The molecule has 0 aliphatic carbocycles. The van der Waals surface area contributed by atoms with Crippen LogP contribution in [0.1, 0.15) is 12.8 Å². The van der Waals surface area contributed by atoms with Gasteiger partial charge in [0.15, 0.2) is 0 Å². The monoisotopic (exact) mass is 157 g/mol. The van der Waals surface area contributed by atoms with E-state index in [1.807, 2.05) is 0 Å². The molecule has 11 heavy (non-hydrogen) atoms. The highest BCUT2D eigenvalue weighted by Gasteiger charge is 2.30. The first-order chi connectivity index (χ1) is 5.13. The van der Waals surface area contributed by atoms with Gasteiger partial charge in [-0.3, -0.25) is 4.79 Å². The molecule has 0 unspecified atom stereocenters. The van der Waals surface area contributed by atoms with Crippen molar-refractivity contribution in [1.82, 2.24) is 4.90 Å². The average Bonchev–Trinajstić information content (AvgIpc) is 2.32. The van der Waals surface area contributed by atoms with Crippen molar-refractivity contribution >= 4 is 11.9 Å². The van der Waals surface area contributed by atoms with Crippen LogP contribution in [0.4, 0.5) is 4.79 Å². The van der Waals surface area contributed by atoms with Crippen molar-refractivity contribution in [3.63, 3.8) is 0 Å². The summed E-state index contributed by atoms with van der Waals surface area (Å²) in [6, 6.07) is -1.04. The van der Waals surface area contributed by atoms with Crippen molar-refractivity contribution in [2.24, 2.45) is 11.5 Å². The lowest BCUT2D eigenvalue weighted by Gasteiger charge is -2.18. The van der Waals surface area contributed by atoms with E-state index in [1.54, 1.807) is 0 Å². The Bertz CT molecular complexity index is 172. The average molecular weight is 157 g/mol. The van der Waals surface area contributed by atoms with Crippen molar-refractivity contribution in [1.29, 1.82) is 0 Å². The third-order valence-electron chi connectivity index (χ3n) is 1.86. The maximum atomic E-state index is 10.7. The summed E-state index contributed by atoms with van der Waals surface area (Å²) in [5.41, 5.74) is 10.0. The molecule has 0 aromatic rings. The molecule has 0 saturated carbocycles. The van der Waals surface area contributed by atoms with Crippen LogP contribution < -0.4 is 11.5 Å². The molecule has 0 aromatic heterocycles. The summed E-state index contributed by atoms with van der Waals surface area (Å²) in [7, 11) is 0. The third-order valence-corrected chi connectivity index (χ3v) is 1.86. The van der Waals surface area contributed by atoms with Crippen LogP contribution in [0.2, 0.25) is 0 Å². The molecule has 1 atom stereocenters. The van der Waals surface area contributed by atoms with Gasteiger partial charge in [0.25, 0.3) is 0 Å². The van der Waals surface area contributed by atoms with Crippen molar-refractivity contribution in [2.45, 2.75) is 18.9 Å². The number of primary amides is 2. The van der Waals surface area contributed by atoms with E-state index in [0.29, 0.717) is 13.0 Å². The molecule has 5 nitrogen and oxygen atoms in total. The molecular formula is C6H11N3O2. The molecule has 1 aliphatic heterocycles. The smallest absolute Gasteiger partial charge is 0.315 e. The van der Waals surface area contributed by atoms with Gasteiger partial charge in [0.05, 0.1) is 0 Å². The van der Waals surface area contributed by atoms with E-state index >= 15 is 0 Å². The molecule has 3 amide bonds. The standard InChI is InChI=1S/C6H11N3O2/c7-5(10)4-2-1-3-9(4)6(8)11/h4H,1-3H2,(H2,7,10)(H2,8,11)/t4-/m0/s1. The molecule has 1 rings (SSSR count). The zero-order valence-electron chi connectivity index (χ0n) is 6.12. The Labute approximate surface area is 64.3 Å². The minimum atomic E-state index is -0.564. The van der Waals surface area contributed by atoms with Crippen LogP contribution in [0.5, 0.6) is 0 Å². The molecule has 5 heteroatoms. The lowest BCUT2D eigenvalue weighted by molar-refractivity contribution is -0.121. The van der Waals surface area contributed by atoms with Gasteiger partial charge in [-0.25, -0.2) is 4.79 Å². The Morgan fingerprint density at radius 2 is 2.00 bits per heavy atom. The largest absolute Gasteiger partial charge is 0.368 e. The molecule has 0 aromatic carbocycles. The van der Waals surface area contributed by atoms with Gasteiger partial charge in [0.2, 0.25) is 5.91 Å². The second kappa shape index (κ2) is 2.77. The number of carbonyl (C=O) groups is 2. The number of rotatable bonds is 1. The predicted molar refractivity (Wildman–Crippen MR) is 38.5 cm³/mol. The topological polar surface area (TPSA) is 89.4 Å². The highest BCUT2D eigenvalue weighted by Crippen LogP contribution is 2.15. The summed E-state index contributed by atoms with van der Waals surface area (Å²) in [6.45, 7) is 0.545. The second-order valence-electron chi connectivity index (χ2n) is 2.59. The molecule has 1 aliphatic rings. The molecule has 0 radical (unpaired) electrons. The van der Waals surface area contributed by atoms with Crippen LogP contribution in [0.3, 0.4) is 0 Å². The third kappa shape index (κ3) is 1.42. The van der Waals surface area contributed by atoms with Gasteiger partial charge in [-0.2, -0.15) is 0 Å². The Hall–Kier alpha value is -1.26. The fourth-order valence-corrected chi connectivity index (χ4v) is 1.33. The van der Waals surface area contributed by atoms with E-state index in [0.717, 1.165) is 6.42 Å². The molecular weight excluding hydrogens is 146 g/mol. The van der Waals surface area contributed by atoms with Gasteiger partial charge in [-0.15, -0.1) is 0 Å². The van der Waals surface area contributed by atoms with Crippen LogP contribution in [-0.4, -0.2) is 29.4 Å². The van der Waals surface area contributed by atoms with Gasteiger partial charge in [0.1, 0.15) is 6.04 Å². The quantitative estimate of drug-likeness (QED) is 0.512. The lowest BCUT2D eigenvalue weighted by Crippen LogP contribution is -2.46. The lowest BCUT2D eigenvalue weighted by atomic mass is 10.2. The van der Waals surface area contributed by atoms with Crippen LogP contribution in [0.25, 0.3) is 0 Å². The molecule has 0 bridgehead atoms. The minimum Gasteiger partial charge on any atom is -0.368 e. The van der Waals surface area contributed by atoms with E-state index in [2.05, 4.69) is 0 Å². The van der Waals surface area contributed by atoms with E-state index in [9.17, 15) is 9.59 Å². The van der Waals surface area contributed by atoms with E-state index in [4.69, 9.17) is 11.5 Å². The maximum Gasteiger partial charge on any atom is 0.315 e. The minimum absolute atomic E-state index is 0.471. The first-order valence-electron chi connectivity index (χ1n) is 3.48. The van der Waals surface area contributed by atoms with Crippen molar-refractivity contribution < 1.29 is 9.59 Å². The first-order valence-corrected chi connectivity index (χ1v) is 3.48. The summed E-state index contributed by atoms with van der Waals surface area (Å²) >= 11 is 0. The molecule has 1 saturated heterocycles. The fraction of sp³-hybridized carbons (Fsp3) is 0.667. The summed E-state index contributed by atoms with van der Waals surface area (Å²) < 4.78 is 0. The molecule has 4 N–H and O–H groups in total. The Morgan fingerprint density at radius 3 is 2.36 bits per heavy atom. The van der Waals surface area contributed by atoms with Crippen molar-refractivity contribution in [3.8, 4) is 0 Å². The number of carbonyl (C=O) groups excluding carboxylic acids is 2. The molecule has 1 heterocycles. The van der Waals surface area contributed by atoms with E-state index < -0.39 is 18.0 Å². The highest BCUT2D eigenvalue weighted by molar-refractivity contribution is 5.85. The van der Waals surface area contributed by atoms with Crippen molar-refractivity contribution in [2.75, 3.05) is 6.54 Å². The zero-order valence-corrected chi connectivity index (χ0v) is 6.12. The first kappa shape index (κ1) is 7.84. The summed E-state index contributed by atoms with van der Waals surface area (Å²) in [5.74, 6) is -0.471. The highest BCUT2D eigenvalue weighted by atomic mass is 16.2. The van der Waals surface area contributed by atoms with Gasteiger partial charge in [-0.05, 0) is 12.8 Å². The van der Waals surface area contributed by atoms with Crippen LogP contribution in [0.15, 0.2) is 0 Å². The number of nitrogens with two attached hydrogens (primary N) is 2. The van der Waals surface area contributed by atoms with E-state index in [-0.39, 0.29) is 0 Å². The molecule has 62 valence electrons. The van der Waals surface area contributed by atoms with E-state index in [1.165, 1.54) is 4.90 Å². The van der Waals surface area contributed by atoms with Gasteiger partial charge in [0, 0.05) is 6.54 Å². The predicted octanol–water partition coefficient (Wildman–Crippen LogP) is -0.985. The zero-order chi connectivity index (χ0) is 8.43. The van der Waals surface area contributed by atoms with Gasteiger partial charge in [-0.1, -0.05) is 0 Å². The molecule has 1 fully saturated rings. The second-order valence-corrected chi connectivity index (χ2v) is 2.59. The SMILES string of the molecule is NC(=O)[C@@H]1CCCN1C(N)=O. The number of nitrogens with zero attached hydrogens (tertiary/aromatic N) is 1. The Morgan fingerprint density at radius 1 is 1.36 bits per heavy atom. The van der Waals surface area contributed by atoms with Crippen molar-refractivity contribution in [3.05, 3.63) is 0 Å². The maximum absolute atomic E-state index is 10.7. The number of urea groups is 1.